The monoisotopic (exact) mass is 269 g/mol. The lowest BCUT2D eigenvalue weighted by Crippen LogP contribution is -2.40. The van der Waals surface area contributed by atoms with Crippen molar-refractivity contribution < 1.29 is 12.8 Å². The third-order valence-electron chi connectivity index (χ3n) is 3.06. The number of halogens is 1. The van der Waals surface area contributed by atoms with Gasteiger partial charge in [-0.2, -0.15) is 0 Å². The number of nitrogens with one attached hydrogen (secondary N) is 1. The zero-order chi connectivity index (χ0) is 12.8. The van der Waals surface area contributed by atoms with E-state index in [1.54, 1.807) is 16.8 Å². The van der Waals surface area contributed by atoms with Gasteiger partial charge in [0.2, 0.25) is 0 Å². The molecule has 0 aromatic carbocycles. The number of nitrogens with zero attached hydrogens (tertiary/aromatic N) is 2. The molecule has 0 saturated carbocycles. The Morgan fingerprint density at radius 1 is 1.50 bits per heavy atom. The first-order valence-corrected chi connectivity index (χ1v) is 7.44. The molecule has 1 N–H and O–H groups in total. The van der Waals surface area contributed by atoms with Crippen molar-refractivity contribution in [2.24, 2.45) is 0 Å². The highest BCUT2D eigenvalue weighted by atomic mass is 32.2. The van der Waals surface area contributed by atoms with Crippen molar-refractivity contribution in [2.45, 2.75) is 6.04 Å². The van der Waals surface area contributed by atoms with E-state index in [-0.39, 0.29) is 23.4 Å². The molecule has 2 aromatic rings. The summed E-state index contributed by atoms with van der Waals surface area (Å²) >= 11 is 0. The number of hydrogen-bond donors (Lipinski definition) is 1. The van der Waals surface area contributed by atoms with Crippen LogP contribution in [0.5, 0.6) is 0 Å². The molecule has 18 heavy (non-hydrogen) atoms. The van der Waals surface area contributed by atoms with E-state index in [4.69, 9.17) is 0 Å². The fraction of sp³-hybridized carbons (Fsp3) is 0.364. The highest BCUT2D eigenvalue weighted by molar-refractivity contribution is 7.91. The number of hydrogen-bond acceptors (Lipinski definition) is 4. The molecule has 0 bridgehead atoms. The molecule has 3 heterocycles. The number of rotatable bonds is 1. The van der Waals surface area contributed by atoms with Crippen LogP contribution in [0.1, 0.15) is 11.9 Å². The third kappa shape index (κ3) is 1.99. The maximum absolute atomic E-state index is 13.1. The van der Waals surface area contributed by atoms with Gasteiger partial charge in [-0.3, -0.25) is 0 Å². The molecule has 0 radical (unpaired) electrons. The Balaban J connectivity index is 2.04. The van der Waals surface area contributed by atoms with Gasteiger partial charge in [0.1, 0.15) is 11.6 Å². The predicted molar refractivity (Wildman–Crippen MR) is 64.5 cm³/mol. The Labute approximate surface area is 104 Å². The lowest BCUT2D eigenvalue weighted by Gasteiger charge is -2.22. The van der Waals surface area contributed by atoms with E-state index in [0.29, 0.717) is 17.9 Å². The van der Waals surface area contributed by atoms with E-state index in [2.05, 4.69) is 10.3 Å². The summed E-state index contributed by atoms with van der Waals surface area (Å²) in [5, 5.41) is 3.13. The van der Waals surface area contributed by atoms with Gasteiger partial charge in [0.05, 0.1) is 29.3 Å². The first-order valence-electron chi connectivity index (χ1n) is 5.61. The van der Waals surface area contributed by atoms with Crippen LogP contribution >= 0.6 is 0 Å². The molecular formula is C11H12FN3O2S. The summed E-state index contributed by atoms with van der Waals surface area (Å²) in [5.41, 5.74) is 0.620. The molecule has 1 saturated heterocycles. The lowest BCUT2D eigenvalue weighted by molar-refractivity contribution is 0.514. The van der Waals surface area contributed by atoms with E-state index in [1.807, 2.05) is 0 Å². The molecule has 96 valence electrons. The van der Waals surface area contributed by atoms with Gasteiger partial charge in [-0.15, -0.1) is 0 Å². The molecular weight excluding hydrogens is 257 g/mol. The van der Waals surface area contributed by atoms with Gasteiger partial charge < -0.3 is 9.72 Å². The standard InChI is InChI=1S/C11H12FN3O2S/c12-8-1-3-15-9(5-8)6-14-11(15)10-7-18(16,17)4-2-13-10/h1,3,5-6,10,13H,2,4,7H2. The number of aromatic nitrogens is 2. The van der Waals surface area contributed by atoms with Gasteiger partial charge in [-0.25, -0.2) is 17.8 Å². The second-order valence-electron chi connectivity index (χ2n) is 4.38. The van der Waals surface area contributed by atoms with Crippen molar-refractivity contribution in [3.05, 3.63) is 36.2 Å². The first-order chi connectivity index (χ1) is 8.55. The SMILES string of the molecule is O=S1(=O)CCNC(c2ncc3cc(F)ccn23)C1. The molecule has 3 rings (SSSR count). The largest absolute Gasteiger partial charge is 0.305 e. The van der Waals surface area contributed by atoms with Crippen LogP contribution in [0, 0.1) is 5.82 Å². The first kappa shape index (κ1) is 11.6. The summed E-state index contributed by atoms with van der Waals surface area (Å²) in [6.07, 6.45) is 3.11. The highest BCUT2D eigenvalue weighted by Crippen LogP contribution is 2.19. The fourth-order valence-corrected chi connectivity index (χ4v) is 3.57. The van der Waals surface area contributed by atoms with Crippen molar-refractivity contribution in [1.29, 1.82) is 0 Å². The van der Waals surface area contributed by atoms with Crippen LogP contribution in [0.3, 0.4) is 0 Å². The Morgan fingerprint density at radius 2 is 2.33 bits per heavy atom. The number of pyridine rings is 1. The van der Waals surface area contributed by atoms with Crippen molar-refractivity contribution >= 4 is 15.4 Å². The Bertz CT molecular complexity index is 695. The van der Waals surface area contributed by atoms with Crippen molar-refractivity contribution in [3.8, 4) is 0 Å². The van der Waals surface area contributed by atoms with Gasteiger partial charge >= 0.3 is 0 Å². The summed E-state index contributed by atoms with van der Waals surface area (Å²) in [4.78, 5) is 4.20. The van der Waals surface area contributed by atoms with E-state index >= 15 is 0 Å². The molecule has 2 aromatic heterocycles. The highest BCUT2D eigenvalue weighted by Gasteiger charge is 2.28. The van der Waals surface area contributed by atoms with E-state index < -0.39 is 9.84 Å². The smallest absolute Gasteiger partial charge is 0.153 e. The Morgan fingerprint density at radius 3 is 3.11 bits per heavy atom. The molecule has 0 amide bonds. The van der Waals surface area contributed by atoms with E-state index in [0.717, 1.165) is 0 Å². The fourth-order valence-electron chi connectivity index (χ4n) is 2.20. The van der Waals surface area contributed by atoms with Gasteiger partial charge in [0.25, 0.3) is 0 Å². The minimum Gasteiger partial charge on any atom is -0.305 e. The third-order valence-corrected chi connectivity index (χ3v) is 4.73. The minimum atomic E-state index is -3.02. The lowest BCUT2D eigenvalue weighted by atomic mass is 10.3. The molecule has 7 heteroatoms. The normalized spacial score (nSPS) is 23.3. The van der Waals surface area contributed by atoms with Crippen molar-refractivity contribution in [3.63, 3.8) is 0 Å². The minimum absolute atomic E-state index is 0.0312. The maximum Gasteiger partial charge on any atom is 0.153 e. The van der Waals surface area contributed by atoms with Crippen LogP contribution in [0.15, 0.2) is 24.5 Å². The van der Waals surface area contributed by atoms with Gasteiger partial charge in [0.15, 0.2) is 9.84 Å². The summed E-state index contributed by atoms with van der Waals surface area (Å²) in [6.45, 7) is 0.420. The van der Waals surface area contributed by atoms with Crippen molar-refractivity contribution in [2.75, 3.05) is 18.1 Å². The number of imidazole rings is 1. The predicted octanol–water partition coefficient (Wildman–Crippen LogP) is 0.532. The van der Waals surface area contributed by atoms with E-state index in [9.17, 15) is 12.8 Å². The van der Waals surface area contributed by atoms with Crippen LogP contribution in [0.2, 0.25) is 0 Å². The van der Waals surface area contributed by atoms with Gasteiger partial charge in [-0.05, 0) is 12.1 Å². The molecule has 5 nitrogen and oxygen atoms in total. The summed E-state index contributed by atoms with van der Waals surface area (Å²) in [5.74, 6) is 0.455. The van der Waals surface area contributed by atoms with E-state index in [1.165, 1.54) is 12.1 Å². The topological polar surface area (TPSA) is 63.5 Å². The molecule has 0 aliphatic carbocycles. The zero-order valence-corrected chi connectivity index (χ0v) is 10.3. The van der Waals surface area contributed by atoms with Crippen LogP contribution in [-0.2, 0) is 9.84 Å². The average molecular weight is 269 g/mol. The van der Waals surface area contributed by atoms with Gasteiger partial charge in [-0.1, -0.05) is 0 Å². The molecule has 0 spiro atoms. The molecule has 1 aliphatic heterocycles. The molecule has 1 fully saturated rings. The van der Waals surface area contributed by atoms with Crippen LogP contribution in [0.25, 0.3) is 5.52 Å². The molecule has 1 unspecified atom stereocenters. The van der Waals surface area contributed by atoms with Gasteiger partial charge in [0, 0.05) is 12.7 Å². The Hall–Kier alpha value is -1.47. The van der Waals surface area contributed by atoms with Crippen molar-refractivity contribution in [1.82, 2.24) is 14.7 Å². The zero-order valence-electron chi connectivity index (χ0n) is 9.51. The quantitative estimate of drug-likeness (QED) is 0.820. The number of fused-ring (bicyclic) bond motifs is 1. The van der Waals surface area contributed by atoms with Crippen LogP contribution in [-0.4, -0.2) is 35.9 Å². The Kier molecular flexibility index (Phi) is 2.60. The summed E-state index contributed by atoms with van der Waals surface area (Å²) < 4.78 is 38.0. The van der Waals surface area contributed by atoms with Crippen LogP contribution in [0.4, 0.5) is 4.39 Å². The molecule has 1 aliphatic rings. The average Bonchev–Trinajstić information content (AvgIpc) is 2.70. The summed E-state index contributed by atoms with van der Waals surface area (Å²) in [7, 11) is -3.02. The second-order valence-corrected chi connectivity index (χ2v) is 6.61. The summed E-state index contributed by atoms with van der Waals surface area (Å²) in [6, 6.07) is 2.36. The second kappa shape index (κ2) is 4.03. The maximum atomic E-state index is 13.1. The number of sulfone groups is 1. The molecule has 1 atom stereocenters. The van der Waals surface area contributed by atoms with Crippen LogP contribution < -0.4 is 5.32 Å².